The fraction of sp³-hybridized carbons (Fsp3) is 0.294. The minimum absolute atomic E-state index is 0.0331. The van der Waals surface area contributed by atoms with Crippen LogP contribution in [0, 0.1) is 6.92 Å². The molecule has 0 aliphatic rings. The van der Waals surface area contributed by atoms with Crippen molar-refractivity contribution in [2.45, 2.75) is 33.1 Å². The maximum atomic E-state index is 9.45. The molecule has 0 aliphatic carbocycles. The summed E-state index contributed by atoms with van der Waals surface area (Å²) < 4.78 is 0. The second kappa shape index (κ2) is 6.28. The number of phenols is 2. The number of benzene rings is 2. The minimum atomic E-state index is 0.0331. The van der Waals surface area contributed by atoms with Crippen LogP contribution in [0.15, 0.2) is 48.5 Å². The van der Waals surface area contributed by atoms with Gasteiger partial charge in [-0.1, -0.05) is 57.2 Å². The molecule has 0 aromatic heterocycles. The molecule has 0 fully saturated rings. The topological polar surface area (TPSA) is 40.5 Å². The molecule has 0 radical (unpaired) electrons. The quantitative estimate of drug-likeness (QED) is 0.735. The first-order chi connectivity index (χ1) is 8.82. The molecule has 2 heteroatoms. The number of phenolic OH excluding ortho intramolecular Hbond substituents is 2. The number of hydrogen-bond donors (Lipinski definition) is 2. The van der Waals surface area contributed by atoms with E-state index < -0.39 is 0 Å². The minimum Gasteiger partial charge on any atom is -0.508 e. The summed E-state index contributed by atoms with van der Waals surface area (Å²) in [5.74, 6) is 0.757. The molecule has 0 aliphatic heterocycles. The Balaban J connectivity index is 0.000000200. The van der Waals surface area contributed by atoms with E-state index in [9.17, 15) is 5.11 Å². The van der Waals surface area contributed by atoms with Gasteiger partial charge in [0, 0.05) is 0 Å². The van der Waals surface area contributed by atoms with Crippen molar-refractivity contribution in [2.24, 2.45) is 0 Å². The summed E-state index contributed by atoms with van der Waals surface area (Å²) in [5, 5.41) is 18.4. The van der Waals surface area contributed by atoms with Crippen LogP contribution in [0.5, 0.6) is 11.5 Å². The normalized spacial score (nSPS) is 10.5. The van der Waals surface area contributed by atoms with Crippen molar-refractivity contribution in [1.29, 1.82) is 0 Å². The van der Waals surface area contributed by atoms with Crippen LogP contribution < -0.4 is 0 Å². The van der Waals surface area contributed by atoms with E-state index in [1.807, 2.05) is 43.3 Å². The van der Waals surface area contributed by atoms with Crippen LogP contribution in [0.1, 0.15) is 31.9 Å². The van der Waals surface area contributed by atoms with Gasteiger partial charge in [0.05, 0.1) is 0 Å². The molecule has 0 atom stereocenters. The van der Waals surface area contributed by atoms with Gasteiger partial charge in [-0.2, -0.15) is 0 Å². The summed E-state index contributed by atoms with van der Waals surface area (Å²) in [6, 6.07) is 14.7. The van der Waals surface area contributed by atoms with Crippen LogP contribution in [-0.4, -0.2) is 10.2 Å². The lowest BCUT2D eigenvalue weighted by atomic mass is 9.86. The van der Waals surface area contributed by atoms with Crippen LogP contribution in [0.3, 0.4) is 0 Å². The third kappa shape index (κ3) is 4.66. The van der Waals surface area contributed by atoms with E-state index in [1.165, 1.54) is 0 Å². The first-order valence-electron chi connectivity index (χ1n) is 6.35. The zero-order valence-corrected chi connectivity index (χ0v) is 12.0. The van der Waals surface area contributed by atoms with Crippen molar-refractivity contribution in [1.82, 2.24) is 0 Å². The molecule has 0 spiro atoms. The highest BCUT2D eigenvalue weighted by molar-refractivity contribution is 5.36. The summed E-state index contributed by atoms with van der Waals surface area (Å²) in [4.78, 5) is 0. The van der Waals surface area contributed by atoms with Crippen LogP contribution >= 0.6 is 0 Å². The van der Waals surface area contributed by atoms with E-state index in [4.69, 9.17) is 5.11 Å². The van der Waals surface area contributed by atoms with Crippen molar-refractivity contribution in [2.75, 3.05) is 0 Å². The smallest absolute Gasteiger partial charge is 0.119 e. The van der Waals surface area contributed by atoms with Crippen LogP contribution in [0.4, 0.5) is 0 Å². The molecule has 19 heavy (non-hydrogen) atoms. The van der Waals surface area contributed by atoms with Gasteiger partial charge in [0.25, 0.3) is 0 Å². The van der Waals surface area contributed by atoms with E-state index in [0.29, 0.717) is 11.5 Å². The summed E-state index contributed by atoms with van der Waals surface area (Å²) in [5.41, 5.74) is 1.96. The van der Waals surface area contributed by atoms with Crippen molar-refractivity contribution < 1.29 is 10.2 Å². The van der Waals surface area contributed by atoms with Gasteiger partial charge in [-0.25, -0.2) is 0 Å². The molecular weight excluding hydrogens is 236 g/mol. The lowest BCUT2D eigenvalue weighted by molar-refractivity contribution is 0.447. The average molecular weight is 258 g/mol. The number of aromatic hydroxyl groups is 2. The number of para-hydroxylation sites is 2. The molecule has 102 valence electrons. The predicted octanol–water partition coefficient (Wildman–Crippen LogP) is 4.39. The zero-order valence-electron chi connectivity index (χ0n) is 12.0. The van der Waals surface area contributed by atoms with Gasteiger partial charge in [-0.05, 0) is 35.6 Å². The first-order valence-corrected chi connectivity index (χ1v) is 6.35. The first kappa shape index (κ1) is 15.1. The summed E-state index contributed by atoms with van der Waals surface area (Å²) >= 11 is 0. The zero-order chi connectivity index (χ0) is 14.5. The highest BCUT2D eigenvalue weighted by Gasteiger charge is 2.16. The van der Waals surface area contributed by atoms with Crippen molar-refractivity contribution in [3.63, 3.8) is 0 Å². The molecule has 0 unspecified atom stereocenters. The van der Waals surface area contributed by atoms with Crippen LogP contribution in [-0.2, 0) is 5.41 Å². The van der Waals surface area contributed by atoms with Gasteiger partial charge >= 0.3 is 0 Å². The highest BCUT2D eigenvalue weighted by Crippen LogP contribution is 2.29. The van der Waals surface area contributed by atoms with E-state index in [1.54, 1.807) is 12.1 Å². The Kier molecular flexibility index (Phi) is 4.99. The fourth-order valence-corrected chi connectivity index (χ4v) is 1.67. The molecule has 2 N–H and O–H groups in total. The Labute approximate surface area is 115 Å². The SMILES string of the molecule is CC(C)(C)c1ccccc1O.Cc1ccccc1O. The van der Waals surface area contributed by atoms with E-state index in [-0.39, 0.29) is 5.41 Å². The lowest BCUT2D eigenvalue weighted by Crippen LogP contribution is -2.10. The molecular formula is C17H22O2. The van der Waals surface area contributed by atoms with Gasteiger partial charge < -0.3 is 10.2 Å². The highest BCUT2D eigenvalue weighted by atomic mass is 16.3. The summed E-state index contributed by atoms with van der Waals surface area (Å²) in [6.07, 6.45) is 0. The second-order valence-electron chi connectivity index (χ2n) is 5.55. The molecule has 0 amide bonds. The monoisotopic (exact) mass is 258 g/mol. The summed E-state index contributed by atoms with van der Waals surface area (Å²) in [7, 11) is 0. The molecule has 2 nitrogen and oxygen atoms in total. The molecule has 0 saturated heterocycles. The maximum absolute atomic E-state index is 9.45. The molecule has 2 aromatic carbocycles. The van der Waals surface area contributed by atoms with E-state index in [0.717, 1.165) is 11.1 Å². The van der Waals surface area contributed by atoms with E-state index in [2.05, 4.69) is 20.8 Å². The van der Waals surface area contributed by atoms with Crippen LogP contribution in [0.2, 0.25) is 0 Å². The largest absolute Gasteiger partial charge is 0.508 e. The Morgan fingerprint density at radius 3 is 1.53 bits per heavy atom. The van der Waals surface area contributed by atoms with Gasteiger partial charge in [0.15, 0.2) is 0 Å². The Bertz CT molecular complexity index is 504. The van der Waals surface area contributed by atoms with Gasteiger partial charge in [0.1, 0.15) is 11.5 Å². The van der Waals surface area contributed by atoms with E-state index >= 15 is 0 Å². The Hall–Kier alpha value is -1.96. The number of aryl methyl sites for hydroxylation is 1. The Morgan fingerprint density at radius 2 is 1.21 bits per heavy atom. The van der Waals surface area contributed by atoms with Gasteiger partial charge in [-0.3, -0.25) is 0 Å². The Morgan fingerprint density at radius 1 is 0.737 bits per heavy atom. The third-order valence-corrected chi connectivity index (χ3v) is 2.83. The number of hydrogen-bond acceptors (Lipinski definition) is 2. The van der Waals surface area contributed by atoms with Crippen molar-refractivity contribution in [3.05, 3.63) is 59.7 Å². The fourth-order valence-electron chi connectivity index (χ4n) is 1.67. The standard InChI is InChI=1S/C10H14O.C7H8O/c1-10(2,3)8-6-4-5-7-9(8)11;1-6-4-2-3-5-7(6)8/h4-7,11H,1-3H3;2-5,8H,1H3. The molecule has 2 aromatic rings. The summed E-state index contributed by atoms with van der Waals surface area (Å²) in [6.45, 7) is 8.13. The van der Waals surface area contributed by atoms with Gasteiger partial charge in [-0.15, -0.1) is 0 Å². The molecule has 0 bridgehead atoms. The number of rotatable bonds is 0. The van der Waals surface area contributed by atoms with Crippen molar-refractivity contribution >= 4 is 0 Å². The average Bonchev–Trinajstić information content (AvgIpc) is 2.33. The molecule has 2 rings (SSSR count). The molecule has 0 saturated carbocycles. The van der Waals surface area contributed by atoms with Gasteiger partial charge in [0.2, 0.25) is 0 Å². The van der Waals surface area contributed by atoms with Crippen LogP contribution in [0.25, 0.3) is 0 Å². The van der Waals surface area contributed by atoms with Crippen molar-refractivity contribution in [3.8, 4) is 11.5 Å². The second-order valence-corrected chi connectivity index (χ2v) is 5.55. The maximum Gasteiger partial charge on any atom is 0.119 e. The predicted molar refractivity (Wildman–Crippen MR) is 79.7 cm³/mol. The molecule has 0 heterocycles. The third-order valence-electron chi connectivity index (χ3n) is 2.83. The lowest BCUT2D eigenvalue weighted by Gasteiger charge is -2.19.